The van der Waals surface area contributed by atoms with Crippen LogP contribution in [0.25, 0.3) is 22.7 Å². The summed E-state index contributed by atoms with van der Waals surface area (Å²) in [6.07, 6.45) is 6.24. The Balaban J connectivity index is 1.55. The van der Waals surface area contributed by atoms with E-state index < -0.39 is 25.8 Å². The van der Waals surface area contributed by atoms with E-state index in [1.54, 1.807) is 32.2 Å². The average molecular weight is 499 g/mol. The number of aliphatic imine (C=N–C) groups is 1. The van der Waals surface area contributed by atoms with Gasteiger partial charge in [0, 0.05) is 24.2 Å². The van der Waals surface area contributed by atoms with Crippen molar-refractivity contribution in [3.8, 4) is 28.6 Å². The molecular weight excluding hydrogens is 471 g/mol. The Hall–Kier alpha value is -3.34. The van der Waals surface area contributed by atoms with Gasteiger partial charge in [-0.3, -0.25) is 4.99 Å². The molecule has 1 aliphatic heterocycles. The van der Waals surface area contributed by atoms with Crippen LogP contribution in [0, 0.1) is 5.82 Å². The molecule has 2 atom stereocenters. The lowest BCUT2D eigenvalue weighted by molar-refractivity contribution is 0.395. The largest absolute Gasteiger partial charge is 0.480 e. The SMILES string of the molecule is CN=[S@@]1(=O)C[C@@](C)(c2cc(-c3cc(-c4cnc(OC)cn4)no3)ccc2F)N=C(N)C12CCCC2. The molecule has 2 N–H and O–H groups in total. The minimum Gasteiger partial charge on any atom is -0.480 e. The highest BCUT2D eigenvalue weighted by molar-refractivity contribution is 7.95. The van der Waals surface area contributed by atoms with Gasteiger partial charge in [0.25, 0.3) is 0 Å². The minimum absolute atomic E-state index is 0.0979. The molecule has 1 spiro atoms. The molecule has 1 saturated carbocycles. The Kier molecular flexibility index (Phi) is 5.62. The maximum Gasteiger partial charge on any atom is 0.232 e. The Labute approximate surface area is 203 Å². The van der Waals surface area contributed by atoms with E-state index in [2.05, 4.69) is 19.5 Å². The summed E-state index contributed by atoms with van der Waals surface area (Å²) in [7, 11) is 0.307. The highest BCUT2D eigenvalue weighted by Crippen LogP contribution is 2.46. The highest BCUT2D eigenvalue weighted by atomic mass is 32.2. The standard InChI is InChI=1S/C24H27FN6O3S/c1-23(14-35(32,27-2)24(22(26)30-23)8-4-5-9-24)16-10-15(6-7-17(16)25)20-11-18(31-34-20)19-12-29-21(33-3)13-28-19/h6-7,10-13H,4-5,8-9,14H2,1-3H3,(H2,26,30)/t23-,35+/m0/s1. The predicted octanol–water partition coefficient (Wildman–Crippen LogP) is 3.94. The lowest BCUT2D eigenvalue weighted by atomic mass is 9.91. The van der Waals surface area contributed by atoms with Gasteiger partial charge in [0.05, 0.1) is 35.0 Å². The van der Waals surface area contributed by atoms with Crippen LogP contribution in [0.2, 0.25) is 0 Å². The van der Waals surface area contributed by atoms with Gasteiger partial charge >= 0.3 is 0 Å². The van der Waals surface area contributed by atoms with E-state index in [4.69, 9.17) is 20.0 Å². The fraction of sp³-hybridized carbons (Fsp3) is 0.417. The lowest BCUT2D eigenvalue weighted by Crippen LogP contribution is -2.56. The van der Waals surface area contributed by atoms with Crippen LogP contribution in [-0.4, -0.2) is 49.8 Å². The fourth-order valence-corrected chi connectivity index (χ4v) is 8.19. The molecule has 3 heterocycles. The van der Waals surface area contributed by atoms with Crippen LogP contribution in [0.1, 0.15) is 38.2 Å². The first-order valence-electron chi connectivity index (χ1n) is 11.4. The summed E-state index contributed by atoms with van der Waals surface area (Å²) in [4.78, 5) is 13.2. The van der Waals surface area contributed by atoms with Crippen molar-refractivity contribution in [2.24, 2.45) is 15.1 Å². The van der Waals surface area contributed by atoms with Crippen molar-refractivity contribution >= 4 is 15.6 Å². The number of benzene rings is 1. The summed E-state index contributed by atoms with van der Waals surface area (Å²) in [6, 6.07) is 6.30. The molecular formula is C24H27FN6O3S. The van der Waals surface area contributed by atoms with E-state index in [1.165, 1.54) is 25.6 Å². The molecule has 0 bridgehead atoms. The van der Waals surface area contributed by atoms with E-state index in [-0.39, 0.29) is 11.3 Å². The van der Waals surface area contributed by atoms with E-state index in [0.29, 0.717) is 47.3 Å². The summed E-state index contributed by atoms with van der Waals surface area (Å²) in [5.74, 6) is 0.748. The molecule has 2 aromatic heterocycles. The number of rotatable bonds is 4. The molecule has 9 nitrogen and oxygen atoms in total. The third-order valence-electron chi connectivity index (χ3n) is 7.07. The first-order chi connectivity index (χ1) is 16.7. The molecule has 1 aromatic carbocycles. The summed E-state index contributed by atoms with van der Waals surface area (Å²) >= 11 is 0. The number of hydrogen-bond donors (Lipinski definition) is 1. The van der Waals surface area contributed by atoms with Crippen molar-refractivity contribution < 1.29 is 17.9 Å². The van der Waals surface area contributed by atoms with E-state index in [9.17, 15) is 4.21 Å². The molecule has 35 heavy (non-hydrogen) atoms. The van der Waals surface area contributed by atoms with Crippen molar-refractivity contribution in [3.63, 3.8) is 0 Å². The third kappa shape index (κ3) is 3.69. The first-order valence-corrected chi connectivity index (χ1v) is 13.0. The summed E-state index contributed by atoms with van der Waals surface area (Å²) in [6.45, 7) is 1.76. The van der Waals surface area contributed by atoms with Gasteiger partial charge in [-0.1, -0.05) is 18.0 Å². The number of halogens is 1. The van der Waals surface area contributed by atoms with Crippen LogP contribution < -0.4 is 10.5 Å². The zero-order valence-corrected chi connectivity index (χ0v) is 20.6. The zero-order chi connectivity index (χ0) is 24.8. The summed E-state index contributed by atoms with van der Waals surface area (Å²) in [5.41, 5.74) is 7.18. The quantitative estimate of drug-likeness (QED) is 0.577. The molecule has 0 unspecified atom stereocenters. The molecule has 0 amide bonds. The average Bonchev–Trinajstić information content (AvgIpc) is 3.55. The Morgan fingerprint density at radius 3 is 2.60 bits per heavy atom. The van der Waals surface area contributed by atoms with Crippen molar-refractivity contribution in [2.45, 2.75) is 42.9 Å². The third-order valence-corrected chi connectivity index (χ3v) is 10.5. The molecule has 3 aromatic rings. The first kappa shape index (κ1) is 23.4. The van der Waals surface area contributed by atoms with Gasteiger partial charge < -0.3 is 15.0 Å². The molecule has 11 heteroatoms. The molecule has 184 valence electrons. The van der Waals surface area contributed by atoms with Crippen LogP contribution in [0.4, 0.5) is 4.39 Å². The van der Waals surface area contributed by atoms with Crippen molar-refractivity contribution in [3.05, 3.63) is 48.0 Å². The summed E-state index contributed by atoms with van der Waals surface area (Å²) in [5, 5.41) is 4.08. The smallest absolute Gasteiger partial charge is 0.232 e. The highest BCUT2D eigenvalue weighted by Gasteiger charge is 2.54. The topological polar surface area (TPSA) is 129 Å². The number of hydrogen-bond acceptors (Lipinski definition) is 9. The number of nitrogens with zero attached hydrogens (tertiary/aromatic N) is 5. The van der Waals surface area contributed by atoms with Crippen LogP contribution >= 0.6 is 0 Å². The molecule has 1 fully saturated rings. The molecule has 1 aliphatic carbocycles. The number of methoxy groups -OCH3 is 1. The second-order valence-corrected chi connectivity index (χ2v) is 11.9. The van der Waals surface area contributed by atoms with Gasteiger partial charge in [0.15, 0.2) is 5.76 Å². The second-order valence-electron chi connectivity index (χ2n) is 9.15. The van der Waals surface area contributed by atoms with Gasteiger partial charge in [0.1, 0.15) is 33.3 Å². The number of ether oxygens (including phenoxy) is 1. The van der Waals surface area contributed by atoms with Gasteiger partial charge in [-0.05, 0) is 38.0 Å². The van der Waals surface area contributed by atoms with E-state index in [1.807, 2.05) is 0 Å². The number of nitrogens with two attached hydrogens (primary N) is 1. The molecule has 0 saturated heterocycles. The maximum absolute atomic E-state index is 15.2. The van der Waals surface area contributed by atoms with Crippen molar-refractivity contribution in [2.75, 3.05) is 19.9 Å². The van der Waals surface area contributed by atoms with Crippen LogP contribution in [0.5, 0.6) is 5.88 Å². The van der Waals surface area contributed by atoms with E-state index in [0.717, 1.165) is 12.8 Å². The predicted molar refractivity (Wildman–Crippen MR) is 131 cm³/mol. The molecule has 2 aliphatic rings. The Morgan fingerprint density at radius 2 is 1.94 bits per heavy atom. The zero-order valence-electron chi connectivity index (χ0n) is 19.8. The summed E-state index contributed by atoms with van der Waals surface area (Å²) < 4.78 is 43.5. The molecule has 5 rings (SSSR count). The maximum atomic E-state index is 15.2. The van der Waals surface area contributed by atoms with Gasteiger partial charge in [-0.25, -0.2) is 22.9 Å². The minimum atomic E-state index is -2.76. The number of amidine groups is 1. The monoisotopic (exact) mass is 498 g/mol. The van der Waals surface area contributed by atoms with Gasteiger partial charge in [0.2, 0.25) is 5.88 Å². The van der Waals surface area contributed by atoms with Crippen LogP contribution in [0.15, 0.2) is 50.5 Å². The number of aromatic nitrogens is 3. The lowest BCUT2D eigenvalue weighted by Gasteiger charge is -2.42. The van der Waals surface area contributed by atoms with Gasteiger partial charge in [-0.2, -0.15) is 0 Å². The molecule has 0 radical (unpaired) electrons. The fourth-order valence-electron chi connectivity index (χ4n) is 5.16. The Morgan fingerprint density at radius 1 is 1.17 bits per heavy atom. The van der Waals surface area contributed by atoms with Gasteiger partial charge in [-0.15, -0.1) is 0 Å². The van der Waals surface area contributed by atoms with E-state index >= 15 is 4.39 Å². The second kappa shape index (κ2) is 8.40. The van der Waals surface area contributed by atoms with Crippen LogP contribution in [0.3, 0.4) is 0 Å². The Bertz CT molecular complexity index is 1420. The normalized spacial score (nSPS) is 25.4. The van der Waals surface area contributed by atoms with Crippen molar-refractivity contribution in [1.29, 1.82) is 0 Å². The van der Waals surface area contributed by atoms with Crippen molar-refractivity contribution in [1.82, 2.24) is 15.1 Å². The van der Waals surface area contributed by atoms with Crippen LogP contribution in [-0.2, 0) is 15.3 Å².